The molecule has 0 saturated carbocycles. The fourth-order valence-corrected chi connectivity index (χ4v) is 1.76. The molecule has 0 aliphatic carbocycles. The Morgan fingerprint density at radius 2 is 1.50 bits per heavy atom. The van der Waals surface area contributed by atoms with Crippen molar-refractivity contribution < 1.29 is 0 Å². The molecule has 2 nitrogen and oxygen atoms in total. The Morgan fingerprint density at radius 1 is 1.00 bits per heavy atom. The van der Waals surface area contributed by atoms with E-state index in [4.69, 9.17) is 0 Å². The van der Waals surface area contributed by atoms with Crippen LogP contribution in [0.2, 0.25) is 0 Å². The predicted molar refractivity (Wildman–Crippen MR) is 40.9 cm³/mol. The monoisotopic (exact) mass is 166 g/mol. The van der Waals surface area contributed by atoms with E-state index >= 15 is 0 Å². The van der Waals surface area contributed by atoms with Crippen LogP contribution in [-0.4, -0.2) is 9.97 Å². The Morgan fingerprint density at radius 3 is 1.80 bits per heavy atom. The molecule has 0 unspecified atom stereocenters. The van der Waals surface area contributed by atoms with Crippen LogP contribution in [0, 0.1) is 10.8 Å². The van der Waals surface area contributed by atoms with Crippen molar-refractivity contribution in [3.8, 4) is 10.0 Å². The zero-order chi connectivity index (χ0) is 6.81. The normalized spacial score (nSPS) is 10.0. The quantitative estimate of drug-likeness (QED) is 0.646. The minimum absolute atomic E-state index is 0.922. The molecule has 48 valence electrons. The van der Waals surface area contributed by atoms with Crippen LogP contribution in [0.5, 0.6) is 0 Å². The van der Waals surface area contributed by atoms with Gasteiger partial charge in [-0.25, -0.2) is 9.97 Å². The molecule has 0 spiro atoms. The zero-order valence-corrected chi connectivity index (χ0v) is 6.50. The van der Waals surface area contributed by atoms with E-state index in [0.717, 1.165) is 10.0 Å². The van der Waals surface area contributed by atoms with Crippen molar-refractivity contribution in [2.45, 2.75) is 0 Å². The van der Waals surface area contributed by atoms with E-state index in [1.165, 1.54) is 22.7 Å². The van der Waals surface area contributed by atoms with E-state index in [9.17, 15) is 0 Å². The molecule has 2 aromatic heterocycles. The Balaban J connectivity index is 2.48. The van der Waals surface area contributed by atoms with Gasteiger partial charge in [0, 0.05) is 12.4 Å². The Kier molecular flexibility index (Phi) is 1.49. The van der Waals surface area contributed by atoms with Crippen LogP contribution >= 0.6 is 22.7 Å². The van der Waals surface area contributed by atoms with Crippen molar-refractivity contribution in [3.05, 3.63) is 23.2 Å². The van der Waals surface area contributed by atoms with E-state index in [-0.39, 0.29) is 0 Å². The first-order valence-corrected chi connectivity index (χ1v) is 4.24. The molecule has 2 aromatic rings. The lowest BCUT2D eigenvalue weighted by Gasteiger charge is -1.81. The summed E-state index contributed by atoms with van der Waals surface area (Å²) in [5.74, 6) is 0. The van der Waals surface area contributed by atoms with Crippen LogP contribution < -0.4 is 0 Å². The summed E-state index contributed by atoms with van der Waals surface area (Å²) in [7, 11) is 0. The second kappa shape index (κ2) is 2.48. The Labute approximate surface area is 66.2 Å². The van der Waals surface area contributed by atoms with E-state index in [1.807, 2.05) is 0 Å². The molecule has 0 bridgehead atoms. The van der Waals surface area contributed by atoms with E-state index in [2.05, 4.69) is 20.7 Å². The average molecular weight is 166 g/mol. The molecular weight excluding hydrogens is 164 g/mol. The highest BCUT2D eigenvalue weighted by molar-refractivity contribution is 7.19. The van der Waals surface area contributed by atoms with Gasteiger partial charge in [0.1, 0.15) is 0 Å². The van der Waals surface area contributed by atoms with Gasteiger partial charge in [0.2, 0.25) is 0 Å². The smallest absolute Gasteiger partial charge is 0.152 e. The van der Waals surface area contributed by atoms with Crippen LogP contribution in [-0.2, 0) is 0 Å². The van der Waals surface area contributed by atoms with Crippen molar-refractivity contribution in [1.29, 1.82) is 0 Å². The lowest BCUT2D eigenvalue weighted by Crippen LogP contribution is -1.68. The number of hydrogen-bond donors (Lipinski definition) is 0. The van der Waals surface area contributed by atoms with E-state index < -0.39 is 0 Å². The first-order valence-electron chi connectivity index (χ1n) is 2.61. The lowest BCUT2D eigenvalue weighted by molar-refractivity contribution is 1.35. The molecule has 0 aromatic carbocycles. The minimum Gasteiger partial charge on any atom is -0.241 e. The second-order valence-electron chi connectivity index (χ2n) is 1.57. The minimum atomic E-state index is 0.922. The highest BCUT2D eigenvalue weighted by Gasteiger charge is 2.00. The van der Waals surface area contributed by atoms with Gasteiger partial charge in [-0.05, 0) is 0 Å². The number of hydrogen-bond acceptors (Lipinski definition) is 4. The maximum Gasteiger partial charge on any atom is 0.152 e. The summed E-state index contributed by atoms with van der Waals surface area (Å²) in [5.41, 5.74) is 0. The molecule has 4 heteroatoms. The third-order valence-electron chi connectivity index (χ3n) is 0.963. The van der Waals surface area contributed by atoms with Crippen molar-refractivity contribution in [2.24, 2.45) is 0 Å². The molecule has 0 N–H and O–H groups in total. The van der Waals surface area contributed by atoms with Crippen molar-refractivity contribution in [2.75, 3.05) is 0 Å². The van der Waals surface area contributed by atoms with Crippen molar-refractivity contribution >= 4 is 22.7 Å². The van der Waals surface area contributed by atoms with Crippen LogP contribution in [0.1, 0.15) is 0 Å². The number of thiazole rings is 2. The van der Waals surface area contributed by atoms with E-state index in [0.29, 0.717) is 0 Å². The number of nitrogens with zero attached hydrogens (tertiary/aromatic N) is 2. The van der Waals surface area contributed by atoms with Gasteiger partial charge in [0.15, 0.2) is 10.0 Å². The average Bonchev–Trinajstić information content (AvgIpc) is 2.59. The highest BCUT2D eigenvalue weighted by atomic mass is 32.1. The summed E-state index contributed by atoms with van der Waals surface area (Å²) in [6.07, 6.45) is 3.31. The molecule has 2 radical (unpaired) electrons. The first kappa shape index (κ1) is 6.00. The van der Waals surface area contributed by atoms with Gasteiger partial charge < -0.3 is 0 Å². The van der Waals surface area contributed by atoms with Gasteiger partial charge in [-0.2, -0.15) is 0 Å². The van der Waals surface area contributed by atoms with Gasteiger partial charge in [-0.1, -0.05) is 0 Å². The standard InChI is InChI=1S/C6H2N2S2/c1-3-9-5(7-1)6-8-2-4-10-6/h1-2H. The number of rotatable bonds is 1. The SMILES string of the molecule is [c]1cnc(-c2nc[c]s2)s1. The van der Waals surface area contributed by atoms with Gasteiger partial charge in [0.05, 0.1) is 10.8 Å². The largest absolute Gasteiger partial charge is 0.241 e. The molecule has 0 atom stereocenters. The third-order valence-corrected chi connectivity index (χ3v) is 2.52. The van der Waals surface area contributed by atoms with Gasteiger partial charge in [-0.3, -0.25) is 0 Å². The molecule has 0 fully saturated rings. The van der Waals surface area contributed by atoms with Crippen LogP contribution in [0.4, 0.5) is 0 Å². The van der Waals surface area contributed by atoms with Crippen LogP contribution in [0.15, 0.2) is 12.4 Å². The van der Waals surface area contributed by atoms with Crippen molar-refractivity contribution in [3.63, 3.8) is 0 Å². The van der Waals surface area contributed by atoms with E-state index in [1.54, 1.807) is 12.4 Å². The zero-order valence-electron chi connectivity index (χ0n) is 4.87. The van der Waals surface area contributed by atoms with Crippen LogP contribution in [0.3, 0.4) is 0 Å². The molecule has 2 heterocycles. The summed E-state index contributed by atoms with van der Waals surface area (Å²) in [6.45, 7) is 0. The van der Waals surface area contributed by atoms with Gasteiger partial charge in [-0.15, -0.1) is 22.7 Å². The summed E-state index contributed by atoms with van der Waals surface area (Å²) < 4.78 is 0. The summed E-state index contributed by atoms with van der Waals surface area (Å²) in [5, 5.41) is 7.65. The summed E-state index contributed by atoms with van der Waals surface area (Å²) in [6, 6.07) is 0. The fourth-order valence-electron chi connectivity index (χ4n) is 0.585. The fraction of sp³-hybridized carbons (Fsp3) is 0. The van der Waals surface area contributed by atoms with Gasteiger partial charge >= 0.3 is 0 Å². The molecule has 0 amide bonds. The lowest BCUT2D eigenvalue weighted by atomic mass is 10.7. The highest BCUT2D eigenvalue weighted by Crippen LogP contribution is 2.22. The maximum atomic E-state index is 4.05. The molecule has 0 saturated heterocycles. The molecule has 2 rings (SSSR count). The Hall–Kier alpha value is -0.740. The topological polar surface area (TPSA) is 25.8 Å². The van der Waals surface area contributed by atoms with Gasteiger partial charge in [0.25, 0.3) is 0 Å². The van der Waals surface area contributed by atoms with Crippen LogP contribution in [0.25, 0.3) is 10.0 Å². The number of aromatic nitrogens is 2. The summed E-state index contributed by atoms with van der Waals surface area (Å²) >= 11 is 2.94. The molecular formula is C6H2N2S2. The second-order valence-corrected chi connectivity index (χ2v) is 3.22. The third kappa shape index (κ3) is 0.955. The molecule has 0 aliphatic heterocycles. The maximum absolute atomic E-state index is 4.05. The van der Waals surface area contributed by atoms with Crippen molar-refractivity contribution in [1.82, 2.24) is 9.97 Å². The summed E-state index contributed by atoms with van der Waals surface area (Å²) in [4.78, 5) is 8.10. The molecule has 10 heavy (non-hydrogen) atoms. The predicted octanol–water partition coefficient (Wildman–Crippen LogP) is 1.87. The first-order chi connectivity index (χ1) is 4.97. The Bertz CT molecular complexity index is 253. The molecule has 0 aliphatic rings.